The lowest BCUT2D eigenvalue weighted by atomic mass is 10.1. The highest BCUT2D eigenvalue weighted by atomic mass is 19.1. The molecule has 1 unspecified atom stereocenters. The van der Waals surface area contributed by atoms with Crippen LogP contribution < -0.4 is 5.32 Å². The third-order valence-electron chi connectivity index (χ3n) is 2.82. The molecule has 2 aromatic rings. The summed E-state index contributed by atoms with van der Waals surface area (Å²) in [6.07, 6.45) is -1.59. The van der Waals surface area contributed by atoms with Gasteiger partial charge in [0.05, 0.1) is 18.2 Å². The molecule has 2 N–H and O–H groups in total. The lowest BCUT2D eigenvalue weighted by Crippen LogP contribution is -2.16. The van der Waals surface area contributed by atoms with E-state index >= 15 is 0 Å². The summed E-state index contributed by atoms with van der Waals surface area (Å²) in [6.45, 7) is 0. The molecule has 6 heteroatoms. The van der Waals surface area contributed by atoms with Crippen molar-refractivity contribution in [2.45, 2.75) is 12.5 Å². The van der Waals surface area contributed by atoms with Crippen LogP contribution in [0.5, 0.6) is 0 Å². The van der Waals surface area contributed by atoms with E-state index < -0.39 is 29.5 Å². The van der Waals surface area contributed by atoms with Crippen LogP contribution in [0, 0.1) is 17.5 Å². The number of aliphatic hydroxyl groups is 1. The summed E-state index contributed by atoms with van der Waals surface area (Å²) >= 11 is 0. The molecule has 0 saturated heterocycles. The van der Waals surface area contributed by atoms with Crippen molar-refractivity contribution in [1.82, 2.24) is 0 Å². The minimum Gasteiger partial charge on any atom is -0.388 e. The van der Waals surface area contributed by atoms with Crippen molar-refractivity contribution < 1.29 is 23.1 Å². The van der Waals surface area contributed by atoms with Crippen molar-refractivity contribution >= 4 is 11.6 Å². The first-order valence-electron chi connectivity index (χ1n) is 6.14. The van der Waals surface area contributed by atoms with E-state index in [0.29, 0.717) is 6.07 Å². The summed E-state index contributed by atoms with van der Waals surface area (Å²) in [7, 11) is 0. The molecule has 1 amide bonds. The first-order chi connectivity index (χ1) is 9.95. The number of rotatable bonds is 4. The predicted octanol–water partition coefficient (Wildman–Crippen LogP) is 3.17. The Morgan fingerprint density at radius 2 is 1.81 bits per heavy atom. The van der Waals surface area contributed by atoms with E-state index in [9.17, 15) is 23.1 Å². The maximum Gasteiger partial charge on any atom is 0.227 e. The standard InChI is InChI=1S/C15H12F3NO2/c16-10-3-1-2-9(6-10)14(20)8-15(21)19-13-5-4-11(17)7-12(13)18/h1-7,14,20H,8H2,(H,19,21). The molecule has 1 atom stereocenters. The Balaban J connectivity index is 2.01. The van der Waals surface area contributed by atoms with Crippen molar-refractivity contribution in [3.8, 4) is 0 Å². The number of aliphatic hydroxyl groups excluding tert-OH is 1. The molecule has 3 nitrogen and oxygen atoms in total. The van der Waals surface area contributed by atoms with Crippen LogP contribution in [0.3, 0.4) is 0 Å². The van der Waals surface area contributed by atoms with Crippen LogP contribution in [0.2, 0.25) is 0 Å². The van der Waals surface area contributed by atoms with E-state index in [1.165, 1.54) is 18.2 Å². The Morgan fingerprint density at radius 3 is 2.48 bits per heavy atom. The van der Waals surface area contributed by atoms with Crippen molar-refractivity contribution in [2.24, 2.45) is 0 Å². The average Bonchev–Trinajstić information content (AvgIpc) is 2.42. The SMILES string of the molecule is O=C(CC(O)c1cccc(F)c1)Nc1ccc(F)cc1F. The van der Waals surface area contributed by atoms with Gasteiger partial charge in [-0.25, -0.2) is 13.2 Å². The zero-order chi connectivity index (χ0) is 15.4. The van der Waals surface area contributed by atoms with Gasteiger partial charge in [0, 0.05) is 6.07 Å². The molecule has 0 aliphatic carbocycles. The fraction of sp³-hybridized carbons (Fsp3) is 0.133. The van der Waals surface area contributed by atoms with Crippen LogP contribution in [0.25, 0.3) is 0 Å². The Kier molecular flexibility index (Phi) is 4.59. The number of amides is 1. The van der Waals surface area contributed by atoms with Crippen molar-refractivity contribution in [3.63, 3.8) is 0 Å². The molecule has 0 bridgehead atoms. The Morgan fingerprint density at radius 1 is 1.10 bits per heavy atom. The monoisotopic (exact) mass is 295 g/mol. The normalized spacial score (nSPS) is 12.0. The summed E-state index contributed by atoms with van der Waals surface area (Å²) in [4.78, 5) is 11.7. The average molecular weight is 295 g/mol. The van der Waals surface area contributed by atoms with E-state index in [2.05, 4.69) is 5.32 Å². The first-order valence-corrected chi connectivity index (χ1v) is 6.14. The third kappa shape index (κ3) is 4.06. The number of halogens is 3. The molecular weight excluding hydrogens is 283 g/mol. The van der Waals surface area contributed by atoms with Gasteiger partial charge in [-0.15, -0.1) is 0 Å². The van der Waals surface area contributed by atoms with Crippen molar-refractivity contribution in [2.75, 3.05) is 5.32 Å². The van der Waals surface area contributed by atoms with Crippen LogP contribution >= 0.6 is 0 Å². The second kappa shape index (κ2) is 6.41. The molecule has 2 rings (SSSR count). The van der Waals surface area contributed by atoms with Gasteiger partial charge in [0.15, 0.2) is 0 Å². The highest BCUT2D eigenvalue weighted by molar-refractivity contribution is 5.91. The minimum absolute atomic E-state index is 0.187. The molecule has 0 aliphatic heterocycles. The molecule has 0 aromatic heterocycles. The number of hydrogen-bond donors (Lipinski definition) is 2. The number of benzene rings is 2. The van der Waals surface area contributed by atoms with Gasteiger partial charge in [0.2, 0.25) is 5.91 Å². The summed E-state index contributed by atoms with van der Waals surface area (Å²) in [6, 6.07) is 7.92. The van der Waals surface area contributed by atoms with Crippen LogP contribution in [-0.4, -0.2) is 11.0 Å². The summed E-state index contributed by atoms with van der Waals surface area (Å²) in [5, 5.41) is 12.0. The van der Waals surface area contributed by atoms with Crippen molar-refractivity contribution in [1.29, 1.82) is 0 Å². The van der Waals surface area contributed by atoms with E-state index in [-0.39, 0.29) is 17.7 Å². The third-order valence-corrected chi connectivity index (χ3v) is 2.82. The van der Waals surface area contributed by atoms with Crippen LogP contribution in [0.15, 0.2) is 42.5 Å². The number of carbonyl (C=O) groups is 1. The Labute approximate surface area is 119 Å². The molecule has 0 radical (unpaired) electrons. The van der Waals surface area contributed by atoms with Crippen LogP contribution in [0.4, 0.5) is 18.9 Å². The fourth-order valence-electron chi connectivity index (χ4n) is 1.80. The van der Waals surface area contributed by atoms with Crippen LogP contribution in [-0.2, 0) is 4.79 Å². The second-order valence-electron chi connectivity index (χ2n) is 4.45. The Hall–Kier alpha value is -2.34. The summed E-state index contributed by atoms with van der Waals surface area (Å²) in [5.41, 5.74) is 0.0533. The van der Waals surface area contributed by atoms with Crippen LogP contribution in [0.1, 0.15) is 18.1 Å². The van der Waals surface area contributed by atoms with E-state index in [1.54, 1.807) is 0 Å². The maximum atomic E-state index is 13.4. The van der Waals surface area contributed by atoms with Gasteiger partial charge in [-0.3, -0.25) is 4.79 Å². The smallest absolute Gasteiger partial charge is 0.227 e. The highest BCUT2D eigenvalue weighted by Gasteiger charge is 2.15. The zero-order valence-corrected chi connectivity index (χ0v) is 10.8. The molecule has 0 aliphatic rings. The lowest BCUT2D eigenvalue weighted by Gasteiger charge is -2.12. The van der Waals surface area contributed by atoms with Gasteiger partial charge >= 0.3 is 0 Å². The van der Waals surface area contributed by atoms with Crippen molar-refractivity contribution in [3.05, 3.63) is 65.5 Å². The minimum atomic E-state index is -1.22. The molecule has 110 valence electrons. The topological polar surface area (TPSA) is 49.3 Å². The molecule has 2 aromatic carbocycles. The first kappa shape index (κ1) is 15.1. The summed E-state index contributed by atoms with van der Waals surface area (Å²) in [5.74, 6) is -2.87. The summed E-state index contributed by atoms with van der Waals surface area (Å²) < 4.78 is 39.1. The zero-order valence-electron chi connectivity index (χ0n) is 10.8. The molecule has 21 heavy (non-hydrogen) atoms. The maximum absolute atomic E-state index is 13.4. The molecule has 0 heterocycles. The quantitative estimate of drug-likeness (QED) is 0.910. The molecule has 0 fully saturated rings. The number of carbonyl (C=O) groups excluding carboxylic acids is 1. The Bertz CT molecular complexity index is 661. The lowest BCUT2D eigenvalue weighted by molar-refractivity contribution is -0.118. The predicted molar refractivity (Wildman–Crippen MR) is 71.0 cm³/mol. The van der Waals surface area contributed by atoms with Gasteiger partial charge in [-0.1, -0.05) is 12.1 Å². The number of anilines is 1. The van der Waals surface area contributed by atoms with Gasteiger partial charge in [-0.05, 0) is 29.8 Å². The second-order valence-corrected chi connectivity index (χ2v) is 4.45. The van der Waals surface area contributed by atoms with E-state index in [4.69, 9.17) is 0 Å². The van der Waals surface area contributed by atoms with Gasteiger partial charge in [0.1, 0.15) is 17.5 Å². The van der Waals surface area contributed by atoms with Gasteiger partial charge in [0.25, 0.3) is 0 Å². The number of hydrogen-bond acceptors (Lipinski definition) is 2. The highest BCUT2D eigenvalue weighted by Crippen LogP contribution is 2.20. The van der Waals surface area contributed by atoms with Gasteiger partial charge in [-0.2, -0.15) is 0 Å². The number of nitrogens with one attached hydrogen (secondary N) is 1. The largest absolute Gasteiger partial charge is 0.388 e. The van der Waals surface area contributed by atoms with E-state index in [0.717, 1.165) is 18.2 Å². The molecular formula is C15H12F3NO2. The molecule has 0 saturated carbocycles. The van der Waals surface area contributed by atoms with Gasteiger partial charge < -0.3 is 10.4 Å². The van der Waals surface area contributed by atoms with E-state index in [1.807, 2.05) is 0 Å². The molecule has 0 spiro atoms. The fourth-order valence-corrected chi connectivity index (χ4v) is 1.80.